The molecule has 3 aliphatic rings. The van der Waals surface area contributed by atoms with Gasteiger partial charge in [-0.05, 0) is 27.7 Å². The van der Waals surface area contributed by atoms with Crippen molar-refractivity contribution >= 4 is 0 Å². The third-order valence-corrected chi connectivity index (χ3v) is 3.43. The Morgan fingerprint density at radius 2 is 1.39 bits per heavy atom. The highest BCUT2D eigenvalue weighted by atomic mass is 16.9. The Bertz CT molecular complexity index is 341. The summed E-state index contributed by atoms with van der Waals surface area (Å²) in [5.74, 6) is -1.41. The maximum absolute atomic E-state index is 9.40. The van der Waals surface area contributed by atoms with Crippen LogP contribution in [0.1, 0.15) is 27.7 Å². The molecule has 3 rings (SSSR count). The second kappa shape index (κ2) is 3.88. The molecule has 0 aliphatic carbocycles. The summed E-state index contributed by atoms with van der Waals surface area (Å²) in [7, 11) is 0. The van der Waals surface area contributed by atoms with Crippen molar-refractivity contribution in [3.05, 3.63) is 0 Å². The molecular weight excluding hydrogens is 240 g/mol. The number of hydrogen-bond donors (Lipinski definition) is 1. The average molecular weight is 260 g/mol. The van der Waals surface area contributed by atoms with E-state index in [2.05, 4.69) is 0 Å². The molecule has 0 saturated carbocycles. The Morgan fingerprint density at radius 3 is 2.06 bits per heavy atom. The SMILES string of the molecule is CC1(C)OC2C(CO)O[C@@H]3OC(C)(C)OC3C2O1. The van der Waals surface area contributed by atoms with Crippen LogP contribution in [0.25, 0.3) is 0 Å². The van der Waals surface area contributed by atoms with E-state index in [1.54, 1.807) is 0 Å². The summed E-state index contributed by atoms with van der Waals surface area (Å²) in [5.41, 5.74) is 0. The van der Waals surface area contributed by atoms with Crippen LogP contribution in [0.2, 0.25) is 0 Å². The van der Waals surface area contributed by atoms with Gasteiger partial charge in [0.25, 0.3) is 0 Å². The van der Waals surface area contributed by atoms with Gasteiger partial charge in [0.15, 0.2) is 17.9 Å². The Hall–Kier alpha value is -0.240. The fourth-order valence-corrected chi connectivity index (χ4v) is 2.84. The Balaban J connectivity index is 1.86. The predicted octanol–water partition coefficient (Wildman–Crippen LogP) is 0.375. The molecule has 5 atom stereocenters. The van der Waals surface area contributed by atoms with E-state index < -0.39 is 24.0 Å². The van der Waals surface area contributed by atoms with Crippen molar-refractivity contribution in [2.24, 2.45) is 0 Å². The van der Waals surface area contributed by atoms with Crippen LogP contribution in [0.5, 0.6) is 0 Å². The van der Waals surface area contributed by atoms with Gasteiger partial charge in [0.2, 0.25) is 0 Å². The minimum atomic E-state index is -0.708. The molecule has 3 heterocycles. The molecule has 3 fully saturated rings. The van der Waals surface area contributed by atoms with Gasteiger partial charge in [0.1, 0.15) is 24.4 Å². The predicted molar refractivity (Wildman–Crippen MR) is 59.6 cm³/mol. The summed E-state index contributed by atoms with van der Waals surface area (Å²) in [6.07, 6.45) is -1.90. The molecule has 3 saturated heterocycles. The molecule has 0 bridgehead atoms. The average Bonchev–Trinajstić information content (AvgIpc) is 2.71. The summed E-state index contributed by atoms with van der Waals surface area (Å²) in [6.45, 7) is 7.22. The van der Waals surface area contributed by atoms with Crippen LogP contribution in [-0.2, 0) is 23.7 Å². The topological polar surface area (TPSA) is 66.4 Å². The lowest BCUT2D eigenvalue weighted by atomic mass is 9.99. The van der Waals surface area contributed by atoms with Crippen LogP contribution in [0.4, 0.5) is 0 Å². The lowest BCUT2D eigenvalue weighted by Gasteiger charge is -2.36. The van der Waals surface area contributed by atoms with E-state index in [1.165, 1.54) is 0 Å². The number of ether oxygens (including phenoxy) is 5. The molecule has 0 aromatic heterocycles. The summed E-state index contributed by atoms with van der Waals surface area (Å²) in [4.78, 5) is 0. The van der Waals surface area contributed by atoms with Gasteiger partial charge in [0, 0.05) is 0 Å². The first-order chi connectivity index (χ1) is 8.31. The molecule has 4 unspecified atom stereocenters. The Kier molecular flexibility index (Phi) is 2.75. The van der Waals surface area contributed by atoms with Gasteiger partial charge in [-0.15, -0.1) is 0 Å². The van der Waals surface area contributed by atoms with Gasteiger partial charge < -0.3 is 28.8 Å². The zero-order valence-corrected chi connectivity index (χ0v) is 11.1. The van der Waals surface area contributed by atoms with Crippen LogP contribution in [0.3, 0.4) is 0 Å². The quantitative estimate of drug-likeness (QED) is 0.735. The Morgan fingerprint density at radius 1 is 0.833 bits per heavy atom. The second-order valence-corrected chi connectivity index (χ2v) is 5.89. The molecule has 1 N–H and O–H groups in total. The van der Waals surface area contributed by atoms with Crippen molar-refractivity contribution in [1.82, 2.24) is 0 Å². The number of aliphatic hydroxyl groups excluding tert-OH is 1. The van der Waals surface area contributed by atoms with E-state index in [1.807, 2.05) is 27.7 Å². The van der Waals surface area contributed by atoms with Gasteiger partial charge in [-0.2, -0.15) is 0 Å². The lowest BCUT2D eigenvalue weighted by molar-refractivity contribution is -0.240. The van der Waals surface area contributed by atoms with Gasteiger partial charge in [0.05, 0.1) is 6.61 Å². The van der Waals surface area contributed by atoms with E-state index in [0.717, 1.165) is 0 Å². The first-order valence-corrected chi connectivity index (χ1v) is 6.29. The van der Waals surface area contributed by atoms with Crippen LogP contribution >= 0.6 is 0 Å². The summed E-state index contributed by atoms with van der Waals surface area (Å²) in [6, 6.07) is 0. The molecule has 0 amide bonds. The molecule has 104 valence electrons. The van der Waals surface area contributed by atoms with Crippen molar-refractivity contribution < 1.29 is 28.8 Å². The molecule has 6 heteroatoms. The molecule has 0 radical (unpaired) electrons. The van der Waals surface area contributed by atoms with E-state index in [0.29, 0.717) is 0 Å². The molecule has 18 heavy (non-hydrogen) atoms. The van der Waals surface area contributed by atoms with E-state index in [4.69, 9.17) is 23.7 Å². The molecule has 0 aromatic rings. The number of hydrogen-bond acceptors (Lipinski definition) is 6. The minimum Gasteiger partial charge on any atom is -0.394 e. The molecular formula is C12H20O6. The van der Waals surface area contributed by atoms with Crippen LogP contribution in [-0.4, -0.2) is 54.0 Å². The number of fused-ring (bicyclic) bond motifs is 3. The second-order valence-electron chi connectivity index (χ2n) is 5.89. The number of rotatable bonds is 1. The Labute approximate surface area is 106 Å². The van der Waals surface area contributed by atoms with Gasteiger partial charge in [-0.25, -0.2) is 0 Å². The highest BCUT2D eigenvalue weighted by Crippen LogP contribution is 2.43. The third-order valence-electron chi connectivity index (χ3n) is 3.43. The van der Waals surface area contributed by atoms with Crippen molar-refractivity contribution in [2.45, 2.75) is 70.0 Å². The highest BCUT2D eigenvalue weighted by Gasteiger charge is 2.60. The molecule has 6 nitrogen and oxygen atoms in total. The maximum atomic E-state index is 9.40. The smallest absolute Gasteiger partial charge is 0.190 e. The zero-order chi connectivity index (χ0) is 13.1. The largest absolute Gasteiger partial charge is 0.394 e. The van der Waals surface area contributed by atoms with Crippen LogP contribution in [0.15, 0.2) is 0 Å². The summed E-state index contributed by atoms with van der Waals surface area (Å²) >= 11 is 0. The third kappa shape index (κ3) is 1.97. The fourth-order valence-electron chi connectivity index (χ4n) is 2.84. The van der Waals surface area contributed by atoms with Crippen LogP contribution < -0.4 is 0 Å². The first-order valence-electron chi connectivity index (χ1n) is 6.29. The normalized spacial score (nSPS) is 48.8. The monoisotopic (exact) mass is 260 g/mol. The van der Waals surface area contributed by atoms with Crippen molar-refractivity contribution in [1.29, 1.82) is 0 Å². The van der Waals surface area contributed by atoms with Crippen LogP contribution in [0, 0.1) is 0 Å². The van der Waals surface area contributed by atoms with Gasteiger partial charge in [-0.3, -0.25) is 0 Å². The number of aliphatic hydroxyl groups is 1. The van der Waals surface area contributed by atoms with Gasteiger partial charge >= 0.3 is 0 Å². The lowest BCUT2D eigenvalue weighted by Crippen LogP contribution is -2.56. The first kappa shape index (κ1) is 12.8. The minimum absolute atomic E-state index is 0.131. The van der Waals surface area contributed by atoms with E-state index in [9.17, 15) is 5.11 Å². The summed E-state index contributed by atoms with van der Waals surface area (Å²) in [5, 5.41) is 9.40. The summed E-state index contributed by atoms with van der Waals surface area (Å²) < 4.78 is 28.9. The zero-order valence-electron chi connectivity index (χ0n) is 11.1. The van der Waals surface area contributed by atoms with Crippen molar-refractivity contribution in [3.8, 4) is 0 Å². The van der Waals surface area contributed by atoms with Crippen molar-refractivity contribution in [3.63, 3.8) is 0 Å². The maximum Gasteiger partial charge on any atom is 0.190 e. The van der Waals surface area contributed by atoms with Gasteiger partial charge in [-0.1, -0.05) is 0 Å². The molecule has 3 aliphatic heterocycles. The molecule has 0 aromatic carbocycles. The molecule has 0 spiro atoms. The standard InChI is InChI=1S/C12H20O6/c1-11(2)15-7-6(5-13)14-10-9(8(7)16-11)17-12(3,4)18-10/h6-10,13H,5H2,1-4H3/t6?,7?,8?,9?,10-/m1/s1. The fraction of sp³-hybridized carbons (Fsp3) is 1.00. The van der Waals surface area contributed by atoms with Crippen molar-refractivity contribution in [2.75, 3.05) is 6.61 Å². The van der Waals surface area contributed by atoms with E-state index >= 15 is 0 Å². The van der Waals surface area contributed by atoms with E-state index in [-0.39, 0.29) is 24.9 Å². The highest BCUT2D eigenvalue weighted by molar-refractivity contribution is 4.99.